The zero-order valence-corrected chi connectivity index (χ0v) is 15.4. The lowest BCUT2D eigenvalue weighted by molar-refractivity contribution is 0.352. The van der Waals surface area contributed by atoms with Crippen molar-refractivity contribution < 1.29 is 4.42 Å². The summed E-state index contributed by atoms with van der Waals surface area (Å²) in [4.78, 5) is 10.7. The van der Waals surface area contributed by atoms with Crippen molar-refractivity contribution in [3.8, 4) is 11.6 Å². The molecule has 0 aliphatic rings. The van der Waals surface area contributed by atoms with Crippen molar-refractivity contribution in [2.45, 2.75) is 19.6 Å². The van der Waals surface area contributed by atoms with Gasteiger partial charge < -0.3 is 9.32 Å². The van der Waals surface area contributed by atoms with E-state index >= 15 is 0 Å². The molecule has 8 heteroatoms. The topological polar surface area (TPSA) is 77.8 Å². The molecule has 1 aromatic carbocycles. The molecular formula is C19H21N7O. The molecule has 4 rings (SSSR count). The molecule has 0 aliphatic carbocycles. The lowest BCUT2D eigenvalue weighted by atomic mass is 10.2. The molecule has 0 radical (unpaired) electrons. The summed E-state index contributed by atoms with van der Waals surface area (Å²) in [6, 6.07) is 14.1. The van der Waals surface area contributed by atoms with Gasteiger partial charge in [-0.05, 0) is 31.8 Å². The fraction of sp³-hybridized carbons (Fsp3) is 0.263. The molecule has 0 fully saturated rings. The molecule has 27 heavy (non-hydrogen) atoms. The van der Waals surface area contributed by atoms with Gasteiger partial charge in [0.1, 0.15) is 25.0 Å². The quantitative estimate of drug-likeness (QED) is 0.501. The first-order valence-corrected chi connectivity index (χ1v) is 8.71. The third kappa shape index (κ3) is 4.12. The van der Waals surface area contributed by atoms with Crippen molar-refractivity contribution in [2.24, 2.45) is 0 Å². The van der Waals surface area contributed by atoms with Gasteiger partial charge in [-0.2, -0.15) is 10.2 Å². The minimum absolute atomic E-state index is 0.458. The Kier molecular flexibility index (Phi) is 4.80. The maximum atomic E-state index is 6.01. The number of benzene rings is 1. The van der Waals surface area contributed by atoms with Gasteiger partial charge in [-0.3, -0.25) is 0 Å². The minimum Gasteiger partial charge on any atom is -0.456 e. The third-order valence-electron chi connectivity index (χ3n) is 4.01. The molecule has 0 saturated heterocycles. The first-order valence-electron chi connectivity index (χ1n) is 8.71. The Hall–Kier alpha value is -3.26. The summed E-state index contributed by atoms with van der Waals surface area (Å²) in [6.07, 6.45) is 3.15. The van der Waals surface area contributed by atoms with E-state index in [2.05, 4.69) is 32.2 Å². The van der Waals surface area contributed by atoms with Crippen molar-refractivity contribution in [3.05, 3.63) is 72.3 Å². The van der Waals surface area contributed by atoms with E-state index in [0.717, 1.165) is 17.9 Å². The molecule has 0 unspecified atom stereocenters. The van der Waals surface area contributed by atoms with E-state index in [1.54, 1.807) is 11.0 Å². The smallest absolute Gasteiger partial charge is 0.194 e. The van der Waals surface area contributed by atoms with Crippen LogP contribution in [0.3, 0.4) is 0 Å². The van der Waals surface area contributed by atoms with Gasteiger partial charge in [0.2, 0.25) is 0 Å². The molecule has 0 bridgehead atoms. The van der Waals surface area contributed by atoms with E-state index in [9.17, 15) is 0 Å². The maximum Gasteiger partial charge on any atom is 0.194 e. The van der Waals surface area contributed by atoms with Crippen LogP contribution in [0.25, 0.3) is 11.6 Å². The number of rotatable bonds is 7. The molecule has 4 aromatic rings. The van der Waals surface area contributed by atoms with Gasteiger partial charge in [-0.1, -0.05) is 30.3 Å². The lowest BCUT2D eigenvalue weighted by Gasteiger charge is -2.06. The Bertz CT molecular complexity index is 986. The predicted octanol–water partition coefficient (Wildman–Crippen LogP) is 2.29. The van der Waals surface area contributed by atoms with Crippen LogP contribution < -0.4 is 0 Å². The predicted molar refractivity (Wildman–Crippen MR) is 99.8 cm³/mol. The highest BCUT2D eigenvalue weighted by molar-refractivity contribution is 5.48. The average Bonchev–Trinajstić information content (AvgIpc) is 3.38. The summed E-state index contributed by atoms with van der Waals surface area (Å²) in [5.74, 6) is 2.97. The van der Waals surface area contributed by atoms with Gasteiger partial charge in [0.15, 0.2) is 17.4 Å². The highest BCUT2D eigenvalue weighted by Crippen LogP contribution is 2.22. The number of furan rings is 1. The normalized spacial score (nSPS) is 11.4. The maximum absolute atomic E-state index is 6.01. The van der Waals surface area contributed by atoms with E-state index in [4.69, 9.17) is 9.40 Å². The summed E-state index contributed by atoms with van der Waals surface area (Å²) < 4.78 is 9.58. The standard InChI is InChI=1S/C19H21N7O/c1-24(2)11-16-8-9-17(27-16)19-22-18(12-25-14-20-13-21-25)23-26(19)10-15-6-4-3-5-7-15/h3-9,13-14H,10-12H2,1-2H3. The van der Waals surface area contributed by atoms with Gasteiger partial charge in [0.25, 0.3) is 0 Å². The first kappa shape index (κ1) is 17.2. The minimum atomic E-state index is 0.458. The van der Waals surface area contributed by atoms with Gasteiger partial charge in [-0.15, -0.1) is 0 Å². The van der Waals surface area contributed by atoms with Crippen LogP contribution in [0, 0.1) is 0 Å². The van der Waals surface area contributed by atoms with E-state index in [1.807, 2.05) is 49.1 Å². The van der Waals surface area contributed by atoms with Crippen molar-refractivity contribution in [1.29, 1.82) is 0 Å². The highest BCUT2D eigenvalue weighted by Gasteiger charge is 2.17. The summed E-state index contributed by atoms with van der Waals surface area (Å²) in [7, 11) is 4.02. The third-order valence-corrected chi connectivity index (χ3v) is 4.01. The second kappa shape index (κ2) is 7.55. The number of hydrogen-bond donors (Lipinski definition) is 0. The monoisotopic (exact) mass is 363 g/mol. The molecule has 0 N–H and O–H groups in total. The zero-order valence-electron chi connectivity index (χ0n) is 15.4. The Morgan fingerprint density at radius 1 is 1.04 bits per heavy atom. The van der Waals surface area contributed by atoms with E-state index < -0.39 is 0 Å². The summed E-state index contributed by atoms with van der Waals surface area (Å²) >= 11 is 0. The molecule has 0 saturated carbocycles. The summed E-state index contributed by atoms with van der Waals surface area (Å²) in [5, 5.41) is 8.80. The molecule has 138 valence electrons. The van der Waals surface area contributed by atoms with Crippen LogP contribution in [-0.4, -0.2) is 48.5 Å². The Morgan fingerprint density at radius 3 is 2.63 bits per heavy atom. The lowest BCUT2D eigenvalue weighted by Crippen LogP contribution is -2.09. The Morgan fingerprint density at radius 2 is 1.89 bits per heavy atom. The number of hydrogen-bond acceptors (Lipinski definition) is 6. The molecule has 0 aliphatic heterocycles. The van der Waals surface area contributed by atoms with Crippen LogP contribution in [0.1, 0.15) is 17.1 Å². The zero-order chi connectivity index (χ0) is 18.6. The van der Waals surface area contributed by atoms with Gasteiger partial charge in [0, 0.05) is 0 Å². The molecule has 0 atom stereocenters. The molecule has 0 amide bonds. The van der Waals surface area contributed by atoms with Gasteiger partial charge in [-0.25, -0.2) is 19.3 Å². The second-order valence-corrected chi connectivity index (χ2v) is 6.59. The van der Waals surface area contributed by atoms with E-state index in [0.29, 0.717) is 30.5 Å². The number of aromatic nitrogens is 6. The van der Waals surface area contributed by atoms with Crippen molar-refractivity contribution >= 4 is 0 Å². The van der Waals surface area contributed by atoms with Crippen LogP contribution in [0.2, 0.25) is 0 Å². The van der Waals surface area contributed by atoms with E-state index in [-0.39, 0.29) is 0 Å². The average molecular weight is 363 g/mol. The highest BCUT2D eigenvalue weighted by atomic mass is 16.3. The van der Waals surface area contributed by atoms with Crippen molar-refractivity contribution in [2.75, 3.05) is 14.1 Å². The molecular weight excluding hydrogens is 342 g/mol. The number of nitrogens with zero attached hydrogens (tertiary/aromatic N) is 7. The second-order valence-electron chi connectivity index (χ2n) is 6.59. The van der Waals surface area contributed by atoms with Gasteiger partial charge in [0.05, 0.1) is 13.1 Å². The molecule has 3 heterocycles. The molecule has 3 aromatic heterocycles. The Balaban J connectivity index is 1.67. The van der Waals surface area contributed by atoms with Gasteiger partial charge >= 0.3 is 0 Å². The SMILES string of the molecule is CN(C)Cc1ccc(-c2nc(Cn3cncn3)nn2Cc2ccccc2)o1. The summed E-state index contributed by atoms with van der Waals surface area (Å²) in [6.45, 7) is 1.81. The van der Waals surface area contributed by atoms with Crippen LogP contribution in [0.15, 0.2) is 59.5 Å². The van der Waals surface area contributed by atoms with Crippen LogP contribution in [-0.2, 0) is 19.6 Å². The molecule has 8 nitrogen and oxygen atoms in total. The molecule has 0 spiro atoms. The fourth-order valence-corrected chi connectivity index (χ4v) is 2.86. The first-order chi connectivity index (χ1) is 13.2. The van der Waals surface area contributed by atoms with E-state index in [1.165, 1.54) is 6.33 Å². The van der Waals surface area contributed by atoms with Crippen LogP contribution in [0.5, 0.6) is 0 Å². The van der Waals surface area contributed by atoms with Crippen LogP contribution >= 0.6 is 0 Å². The van der Waals surface area contributed by atoms with Crippen LogP contribution in [0.4, 0.5) is 0 Å². The largest absolute Gasteiger partial charge is 0.456 e. The summed E-state index contributed by atoms with van der Waals surface area (Å²) in [5.41, 5.74) is 1.15. The fourth-order valence-electron chi connectivity index (χ4n) is 2.86. The Labute approximate surface area is 157 Å². The van der Waals surface area contributed by atoms with Crippen molar-refractivity contribution in [1.82, 2.24) is 34.4 Å². The van der Waals surface area contributed by atoms with Crippen molar-refractivity contribution in [3.63, 3.8) is 0 Å².